The lowest BCUT2D eigenvalue weighted by Gasteiger charge is -2.11. The Hall–Kier alpha value is -2.91. The molecular formula is C19H20FN5O2S. The van der Waals surface area contributed by atoms with Crippen molar-refractivity contribution >= 4 is 18.1 Å². The standard InChI is InChI=1S/C19H20FN5O2S/c1-2-27-11-16(26)21-9-10-25-12-23-17(13-3-5-14(20)6-4-13)18(25)15-7-8-22-19(28)24-15/h3-8,12H,2,9-11H2,1H3,(H,21,26)(H,22,24,28). The molecule has 1 amide bonds. The van der Waals surface area contributed by atoms with Gasteiger partial charge in [0, 0.05) is 31.5 Å². The second-order valence-corrected chi connectivity index (χ2v) is 6.30. The Labute approximate surface area is 166 Å². The molecule has 0 aliphatic carbocycles. The van der Waals surface area contributed by atoms with Gasteiger partial charge < -0.3 is 19.6 Å². The van der Waals surface area contributed by atoms with Gasteiger partial charge in [-0.25, -0.2) is 14.4 Å². The number of carbonyl (C=O) groups is 1. The van der Waals surface area contributed by atoms with Crippen molar-refractivity contribution in [3.63, 3.8) is 0 Å². The number of imidazole rings is 1. The summed E-state index contributed by atoms with van der Waals surface area (Å²) in [6.07, 6.45) is 3.30. The first-order valence-corrected chi connectivity index (χ1v) is 9.20. The fourth-order valence-corrected chi connectivity index (χ4v) is 2.89. The molecule has 0 aliphatic rings. The van der Waals surface area contributed by atoms with Crippen molar-refractivity contribution in [3.8, 4) is 22.6 Å². The maximum absolute atomic E-state index is 13.3. The van der Waals surface area contributed by atoms with Gasteiger partial charge in [-0.05, 0) is 49.5 Å². The number of hydrogen-bond acceptors (Lipinski definition) is 5. The van der Waals surface area contributed by atoms with Crippen LogP contribution in [0.15, 0.2) is 42.9 Å². The third kappa shape index (κ3) is 4.87. The topological polar surface area (TPSA) is 84.8 Å². The zero-order chi connectivity index (χ0) is 19.9. The van der Waals surface area contributed by atoms with E-state index in [9.17, 15) is 9.18 Å². The summed E-state index contributed by atoms with van der Waals surface area (Å²) in [5, 5.41) is 2.81. The predicted molar refractivity (Wildman–Crippen MR) is 106 cm³/mol. The van der Waals surface area contributed by atoms with E-state index in [1.165, 1.54) is 12.1 Å². The Balaban J connectivity index is 1.89. The number of aromatic nitrogens is 4. The summed E-state index contributed by atoms with van der Waals surface area (Å²) in [5.74, 6) is -0.490. The van der Waals surface area contributed by atoms with Gasteiger partial charge in [0.05, 0.1) is 23.4 Å². The summed E-state index contributed by atoms with van der Waals surface area (Å²) >= 11 is 5.14. The zero-order valence-electron chi connectivity index (χ0n) is 15.3. The second kappa shape index (κ2) is 9.34. The van der Waals surface area contributed by atoms with E-state index in [0.717, 1.165) is 17.0 Å². The van der Waals surface area contributed by atoms with E-state index in [4.69, 9.17) is 17.0 Å². The van der Waals surface area contributed by atoms with E-state index < -0.39 is 0 Å². The van der Waals surface area contributed by atoms with E-state index in [1.807, 2.05) is 11.5 Å². The molecule has 2 aromatic heterocycles. The van der Waals surface area contributed by atoms with Gasteiger partial charge >= 0.3 is 0 Å². The van der Waals surface area contributed by atoms with Crippen LogP contribution in [-0.4, -0.2) is 45.2 Å². The van der Waals surface area contributed by atoms with Gasteiger partial charge in [-0.1, -0.05) is 0 Å². The summed E-state index contributed by atoms with van der Waals surface area (Å²) in [7, 11) is 0. The molecule has 0 unspecified atom stereocenters. The van der Waals surface area contributed by atoms with Gasteiger partial charge in [0.25, 0.3) is 0 Å². The number of carbonyl (C=O) groups excluding carboxylic acids is 1. The lowest BCUT2D eigenvalue weighted by atomic mass is 10.1. The summed E-state index contributed by atoms with van der Waals surface area (Å²) < 4.78 is 20.7. The number of amides is 1. The smallest absolute Gasteiger partial charge is 0.246 e. The third-order valence-corrected chi connectivity index (χ3v) is 4.20. The van der Waals surface area contributed by atoms with Crippen LogP contribution in [-0.2, 0) is 16.1 Å². The molecule has 1 aromatic carbocycles. The van der Waals surface area contributed by atoms with Gasteiger partial charge in [0.1, 0.15) is 12.4 Å². The number of halogens is 1. The largest absolute Gasteiger partial charge is 0.372 e. The summed E-state index contributed by atoms with van der Waals surface area (Å²) in [5.41, 5.74) is 2.96. The third-order valence-electron chi connectivity index (χ3n) is 4.00. The maximum Gasteiger partial charge on any atom is 0.246 e. The number of rotatable bonds is 8. The molecule has 0 radical (unpaired) electrons. The average molecular weight is 401 g/mol. The molecular weight excluding hydrogens is 381 g/mol. The van der Waals surface area contributed by atoms with Crippen molar-refractivity contribution in [1.29, 1.82) is 0 Å². The minimum Gasteiger partial charge on any atom is -0.372 e. The van der Waals surface area contributed by atoms with Crippen molar-refractivity contribution in [3.05, 3.63) is 53.4 Å². The van der Waals surface area contributed by atoms with Crippen molar-refractivity contribution in [2.75, 3.05) is 19.8 Å². The van der Waals surface area contributed by atoms with Crippen molar-refractivity contribution < 1.29 is 13.9 Å². The van der Waals surface area contributed by atoms with Crippen LogP contribution in [0.5, 0.6) is 0 Å². The molecule has 0 bridgehead atoms. The number of nitrogens with one attached hydrogen (secondary N) is 2. The van der Waals surface area contributed by atoms with Crippen LogP contribution in [0.25, 0.3) is 22.6 Å². The van der Waals surface area contributed by atoms with Gasteiger partial charge in [-0.15, -0.1) is 0 Å². The van der Waals surface area contributed by atoms with Gasteiger partial charge in [-0.3, -0.25) is 4.79 Å². The van der Waals surface area contributed by atoms with E-state index in [-0.39, 0.29) is 18.3 Å². The number of nitrogens with zero attached hydrogens (tertiary/aromatic N) is 3. The highest BCUT2D eigenvalue weighted by Gasteiger charge is 2.16. The number of aromatic amines is 1. The highest BCUT2D eigenvalue weighted by Crippen LogP contribution is 2.30. The Kier molecular flexibility index (Phi) is 6.62. The Morgan fingerprint density at radius 3 is 2.79 bits per heavy atom. The fourth-order valence-electron chi connectivity index (χ4n) is 2.72. The molecule has 3 aromatic rings. The summed E-state index contributed by atoms with van der Waals surface area (Å²) in [4.78, 5) is 23.3. The fraction of sp³-hybridized carbons (Fsp3) is 0.263. The molecule has 146 valence electrons. The molecule has 0 atom stereocenters. The van der Waals surface area contributed by atoms with Crippen LogP contribution in [0.2, 0.25) is 0 Å². The first-order valence-electron chi connectivity index (χ1n) is 8.79. The molecule has 2 N–H and O–H groups in total. The van der Waals surface area contributed by atoms with E-state index in [1.54, 1.807) is 30.7 Å². The normalized spacial score (nSPS) is 10.8. The Morgan fingerprint density at radius 1 is 1.29 bits per heavy atom. The molecule has 0 saturated heterocycles. The number of ether oxygens (including phenoxy) is 1. The van der Waals surface area contributed by atoms with Gasteiger partial charge in [0.2, 0.25) is 5.91 Å². The number of H-pyrrole nitrogens is 1. The molecule has 28 heavy (non-hydrogen) atoms. The number of hydrogen-bond donors (Lipinski definition) is 2. The molecule has 2 heterocycles. The SMILES string of the molecule is CCOCC(=O)NCCn1cnc(-c2ccc(F)cc2)c1-c1ccnc(=S)[nH]1. The molecule has 9 heteroatoms. The quantitative estimate of drug-likeness (QED) is 0.567. The van der Waals surface area contributed by atoms with Crippen LogP contribution >= 0.6 is 12.2 Å². The van der Waals surface area contributed by atoms with Crippen molar-refractivity contribution in [1.82, 2.24) is 24.8 Å². The summed E-state index contributed by atoms with van der Waals surface area (Å²) in [6.45, 7) is 3.25. The monoisotopic (exact) mass is 401 g/mol. The number of benzene rings is 1. The molecule has 7 nitrogen and oxygen atoms in total. The van der Waals surface area contributed by atoms with E-state index >= 15 is 0 Å². The highest BCUT2D eigenvalue weighted by molar-refractivity contribution is 7.71. The van der Waals surface area contributed by atoms with Crippen LogP contribution in [0.4, 0.5) is 4.39 Å². The predicted octanol–water partition coefficient (Wildman–Crippen LogP) is 2.96. The minimum absolute atomic E-state index is 0.0333. The Morgan fingerprint density at radius 2 is 2.07 bits per heavy atom. The van der Waals surface area contributed by atoms with Crippen LogP contribution in [0.3, 0.4) is 0 Å². The molecule has 0 saturated carbocycles. The van der Waals surface area contributed by atoms with Crippen LogP contribution in [0.1, 0.15) is 6.92 Å². The van der Waals surface area contributed by atoms with Gasteiger partial charge in [-0.2, -0.15) is 0 Å². The second-order valence-electron chi connectivity index (χ2n) is 5.92. The molecule has 0 fully saturated rings. The minimum atomic E-state index is -0.315. The first kappa shape index (κ1) is 19.8. The lowest BCUT2D eigenvalue weighted by Crippen LogP contribution is -2.30. The van der Waals surface area contributed by atoms with Crippen molar-refractivity contribution in [2.24, 2.45) is 0 Å². The average Bonchev–Trinajstić information content (AvgIpc) is 3.11. The van der Waals surface area contributed by atoms with Crippen molar-refractivity contribution in [2.45, 2.75) is 13.5 Å². The molecule has 3 rings (SSSR count). The molecule has 0 aliphatic heterocycles. The zero-order valence-corrected chi connectivity index (χ0v) is 16.1. The van der Waals surface area contributed by atoms with E-state index in [2.05, 4.69) is 20.3 Å². The molecule has 0 spiro atoms. The highest BCUT2D eigenvalue weighted by atomic mass is 32.1. The van der Waals surface area contributed by atoms with Gasteiger partial charge in [0.15, 0.2) is 4.77 Å². The van der Waals surface area contributed by atoms with Crippen LogP contribution in [0, 0.1) is 10.6 Å². The summed E-state index contributed by atoms with van der Waals surface area (Å²) in [6, 6.07) is 7.92. The maximum atomic E-state index is 13.3. The lowest BCUT2D eigenvalue weighted by molar-refractivity contribution is -0.125. The first-order chi connectivity index (χ1) is 13.6. The van der Waals surface area contributed by atoms with E-state index in [0.29, 0.717) is 30.2 Å². The Bertz CT molecular complexity index is 1000. The van der Waals surface area contributed by atoms with Crippen LogP contribution < -0.4 is 5.32 Å².